The summed E-state index contributed by atoms with van der Waals surface area (Å²) in [5.74, 6) is 0.554. The quantitative estimate of drug-likeness (QED) is 0.745. The van der Waals surface area contributed by atoms with E-state index in [2.05, 4.69) is 27.8 Å². The molecule has 0 spiro atoms. The Kier molecular flexibility index (Phi) is 1.65. The minimum atomic E-state index is 0.159. The topological polar surface area (TPSA) is 34.9 Å². The lowest BCUT2D eigenvalue weighted by atomic mass is 9.76. The highest BCUT2D eigenvalue weighted by molar-refractivity contribution is 5.88. The first-order valence-corrected chi connectivity index (χ1v) is 6.00. The molecule has 1 aromatic carbocycles. The number of nitrogens with zero attached hydrogens (tertiary/aromatic N) is 2. The van der Waals surface area contributed by atoms with Crippen molar-refractivity contribution in [1.82, 2.24) is 9.55 Å². The van der Waals surface area contributed by atoms with Crippen LogP contribution >= 0.6 is 0 Å². The fourth-order valence-corrected chi connectivity index (χ4v) is 3.05. The third-order valence-corrected chi connectivity index (χ3v) is 4.02. The van der Waals surface area contributed by atoms with Gasteiger partial charge in [-0.05, 0) is 12.0 Å². The summed E-state index contributed by atoms with van der Waals surface area (Å²) in [6, 6.07) is 8.53. The molecule has 0 unspecified atom stereocenters. The number of hydrogen-bond acceptors (Lipinski definition) is 2. The maximum Gasteiger partial charge on any atom is 0.138 e. The van der Waals surface area contributed by atoms with Gasteiger partial charge in [0.05, 0.1) is 24.3 Å². The Morgan fingerprint density at radius 1 is 1.29 bits per heavy atom. The molecule has 1 saturated carbocycles. The molecule has 2 heterocycles. The molecule has 84 valence electrons. The van der Waals surface area contributed by atoms with Gasteiger partial charge < -0.3 is 4.57 Å². The van der Waals surface area contributed by atoms with Crippen LogP contribution in [0, 0.1) is 5.92 Å². The molecule has 2 aromatic rings. The van der Waals surface area contributed by atoms with E-state index in [-0.39, 0.29) is 12.0 Å². The summed E-state index contributed by atoms with van der Waals surface area (Å²) in [5.41, 5.74) is 3.66. The predicted molar refractivity (Wildman–Crippen MR) is 63.5 cm³/mol. The van der Waals surface area contributed by atoms with E-state index in [0.717, 1.165) is 18.5 Å². The molecule has 0 amide bonds. The summed E-state index contributed by atoms with van der Waals surface area (Å²) in [6.45, 7) is 0. The highest BCUT2D eigenvalue weighted by Crippen LogP contribution is 2.47. The van der Waals surface area contributed by atoms with Crippen LogP contribution in [0.3, 0.4) is 0 Å². The zero-order valence-corrected chi connectivity index (χ0v) is 9.34. The van der Waals surface area contributed by atoms with E-state index >= 15 is 0 Å². The Labute approximate surface area is 99.1 Å². The molecule has 1 aliphatic carbocycles. The SMILES string of the molecule is O=C1CC[C@H]1[C@@H]1c2ccccc2-c2cncn21. The van der Waals surface area contributed by atoms with Crippen LogP contribution in [0.25, 0.3) is 11.3 Å². The largest absolute Gasteiger partial charge is 0.322 e. The second-order valence-corrected chi connectivity index (χ2v) is 4.83. The van der Waals surface area contributed by atoms with Crippen LogP contribution in [0.1, 0.15) is 24.4 Å². The van der Waals surface area contributed by atoms with Gasteiger partial charge in [-0.3, -0.25) is 4.79 Å². The van der Waals surface area contributed by atoms with Crippen molar-refractivity contribution in [3.05, 3.63) is 42.4 Å². The number of ketones is 1. The van der Waals surface area contributed by atoms with E-state index in [4.69, 9.17) is 0 Å². The molecule has 3 nitrogen and oxygen atoms in total. The number of hydrogen-bond donors (Lipinski definition) is 0. The van der Waals surface area contributed by atoms with Crippen molar-refractivity contribution in [3.8, 4) is 11.3 Å². The van der Waals surface area contributed by atoms with Crippen LogP contribution in [0.5, 0.6) is 0 Å². The van der Waals surface area contributed by atoms with Gasteiger partial charge in [0.1, 0.15) is 5.78 Å². The number of imidazole rings is 1. The third-order valence-electron chi connectivity index (χ3n) is 4.02. The second kappa shape index (κ2) is 3.06. The normalized spacial score (nSPS) is 25.3. The first-order valence-electron chi connectivity index (χ1n) is 6.00. The zero-order chi connectivity index (χ0) is 11.4. The fourth-order valence-electron chi connectivity index (χ4n) is 3.05. The van der Waals surface area contributed by atoms with Crippen molar-refractivity contribution in [3.63, 3.8) is 0 Å². The summed E-state index contributed by atoms with van der Waals surface area (Å²) in [7, 11) is 0. The standard InChI is InChI=1S/C14H12N2O/c17-13-6-5-11(13)14-10-4-2-1-3-9(10)12-7-15-8-16(12)14/h1-4,7-8,11,14H,5-6H2/t11-,14+/m1/s1. The van der Waals surface area contributed by atoms with Crippen molar-refractivity contribution in [1.29, 1.82) is 0 Å². The highest BCUT2D eigenvalue weighted by atomic mass is 16.1. The lowest BCUT2D eigenvalue weighted by Crippen LogP contribution is -2.33. The Morgan fingerprint density at radius 3 is 2.94 bits per heavy atom. The summed E-state index contributed by atoms with van der Waals surface area (Å²) in [5, 5.41) is 0. The van der Waals surface area contributed by atoms with Gasteiger partial charge in [0.25, 0.3) is 0 Å². The van der Waals surface area contributed by atoms with Crippen LogP contribution in [-0.2, 0) is 4.79 Å². The molecule has 0 radical (unpaired) electrons. The third kappa shape index (κ3) is 1.06. The second-order valence-electron chi connectivity index (χ2n) is 4.83. The average molecular weight is 224 g/mol. The summed E-state index contributed by atoms with van der Waals surface area (Å²) in [6.07, 6.45) is 5.50. The zero-order valence-electron chi connectivity index (χ0n) is 9.34. The maximum absolute atomic E-state index is 11.7. The number of fused-ring (bicyclic) bond motifs is 3. The molecule has 1 aliphatic heterocycles. The molecule has 4 rings (SSSR count). The molecule has 1 fully saturated rings. The lowest BCUT2D eigenvalue weighted by molar-refractivity contribution is -0.130. The van der Waals surface area contributed by atoms with E-state index in [1.54, 1.807) is 0 Å². The van der Waals surface area contributed by atoms with E-state index in [9.17, 15) is 4.79 Å². The monoisotopic (exact) mass is 224 g/mol. The first-order chi connectivity index (χ1) is 8.36. The summed E-state index contributed by atoms with van der Waals surface area (Å²) >= 11 is 0. The maximum atomic E-state index is 11.7. The number of Topliss-reactive ketones (excluding diaryl/α,β-unsaturated/α-hetero) is 1. The van der Waals surface area contributed by atoms with Gasteiger partial charge in [-0.2, -0.15) is 0 Å². The van der Waals surface area contributed by atoms with E-state index < -0.39 is 0 Å². The number of carbonyl (C=O) groups excluding carboxylic acids is 1. The van der Waals surface area contributed by atoms with Gasteiger partial charge in [0, 0.05) is 17.9 Å². The number of rotatable bonds is 1. The minimum absolute atomic E-state index is 0.159. The molecule has 0 saturated heterocycles. The Balaban J connectivity index is 1.93. The molecule has 0 bridgehead atoms. The molecule has 17 heavy (non-hydrogen) atoms. The molecular formula is C14H12N2O. The van der Waals surface area contributed by atoms with Crippen molar-refractivity contribution >= 4 is 5.78 Å². The van der Waals surface area contributed by atoms with Gasteiger partial charge in [0.2, 0.25) is 0 Å². The fraction of sp³-hybridized carbons (Fsp3) is 0.286. The Hall–Kier alpha value is -1.90. The van der Waals surface area contributed by atoms with Crippen molar-refractivity contribution in [2.45, 2.75) is 18.9 Å². The lowest BCUT2D eigenvalue weighted by Gasteiger charge is -2.31. The van der Waals surface area contributed by atoms with Crippen LogP contribution in [0.15, 0.2) is 36.8 Å². The van der Waals surface area contributed by atoms with E-state index in [0.29, 0.717) is 5.78 Å². The number of aromatic nitrogens is 2. The van der Waals surface area contributed by atoms with Crippen molar-refractivity contribution in [2.24, 2.45) is 5.92 Å². The van der Waals surface area contributed by atoms with Crippen molar-refractivity contribution < 1.29 is 4.79 Å². The number of benzene rings is 1. The van der Waals surface area contributed by atoms with Crippen LogP contribution in [0.4, 0.5) is 0 Å². The molecular weight excluding hydrogens is 212 g/mol. The van der Waals surface area contributed by atoms with Crippen LogP contribution in [-0.4, -0.2) is 15.3 Å². The Morgan fingerprint density at radius 2 is 2.18 bits per heavy atom. The van der Waals surface area contributed by atoms with Gasteiger partial charge in [0.15, 0.2) is 0 Å². The van der Waals surface area contributed by atoms with Gasteiger partial charge in [-0.25, -0.2) is 4.98 Å². The molecule has 1 aromatic heterocycles. The smallest absolute Gasteiger partial charge is 0.138 e. The minimum Gasteiger partial charge on any atom is -0.322 e. The van der Waals surface area contributed by atoms with Crippen molar-refractivity contribution in [2.75, 3.05) is 0 Å². The Bertz CT molecular complexity index is 614. The summed E-state index contributed by atoms with van der Waals surface area (Å²) in [4.78, 5) is 15.9. The molecule has 2 aliphatic rings. The number of carbonyl (C=O) groups is 1. The molecule has 2 atom stereocenters. The van der Waals surface area contributed by atoms with Gasteiger partial charge >= 0.3 is 0 Å². The molecule has 0 N–H and O–H groups in total. The van der Waals surface area contributed by atoms with Gasteiger partial charge in [-0.15, -0.1) is 0 Å². The van der Waals surface area contributed by atoms with Gasteiger partial charge in [-0.1, -0.05) is 24.3 Å². The van der Waals surface area contributed by atoms with Crippen LogP contribution in [0.2, 0.25) is 0 Å². The first kappa shape index (κ1) is 9.16. The van der Waals surface area contributed by atoms with E-state index in [1.165, 1.54) is 11.1 Å². The highest BCUT2D eigenvalue weighted by Gasteiger charge is 2.41. The predicted octanol–water partition coefficient (Wildman–Crippen LogP) is 2.43. The summed E-state index contributed by atoms with van der Waals surface area (Å²) < 4.78 is 2.16. The van der Waals surface area contributed by atoms with E-state index in [1.807, 2.05) is 18.6 Å². The average Bonchev–Trinajstić information content (AvgIpc) is 2.91. The van der Waals surface area contributed by atoms with Crippen LogP contribution < -0.4 is 0 Å². The molecule has 3 heteroatoms.